The molecule has 4 aliphatic rings. The zero-order valence-electron chi connectivity index (χ0n) is 25.6. The average molecular weight is 537 g/mol. The molecule has 0 bridgehead atoms. The number of imidazole rings is 1. The number of nitrogens with one attached hydrogen (secondary N) is 1. The summed E-state index contributed by atoms with van der Waals surface area (Å²) in [4.78, 5) is 19.8. The van der Waals surface area contributed by atoms with Crippen molar-refractivity contribution >= 4 is 5.97 Å². The predicted molar refractivity (Wildman–Crippen MR) is 159 cm³/mol. The Morgan fingerprint density at radius 3 is 2.67 bits per heavy atom. The maximum absolute atomic E-state index is 12.6. The third-order valence-corrected chi connectivity index (χ3v) is 12.2. The van der Waals surface area contributed by atoms with Crippen molar-refractivity contribution in [1.29, 1.82) is 0 Å². The van der Waals surface area contributed by atoms with E-state index in [1.54, 1.807) is 11.9 Å². The van der Waals surface area contributed by atoms with E-state index < -0.39 is 0 Å². The molecule has 4 nitrogen and oxygen atoms in total. The second kappa shape index (κ2) is 12.1. The normalized spacial score (nSPS) is 36.6. The molecule has 3 saturated carbocycles. The lowest BCUT2D eigenvalue weighted by Crippen LogP contribution is -2.51. The summed E-state index contributed by atoms with van der Waals surface area (Å²) in [5.74, 6) is 5.21. The number of aromatic amines is 1. The van der Waals surface area contributed by atoms with Gasteiger partial charge in [-0.3, -0.25) is 4.79 Å². The Kier molecular flexibility index (Phi) is 8.98. The molecule has 3 fully saturated rings. The van der Waals surface area contributed by atoms with E-state index in [9.17, 15) is 4.79 Å². The number of ether oxygens (including phenoxy) is 1. The number of unbranched alkanes of at least 4 members (excludes halogenated alkanes) is 1. The number of H-pyrrole nitrogens is 1. The first kappa shape index (κ1) is 28.9. The van der Waals surface area contributed by atoms with Crippen molar-refractivity contribution in [2.75, 3.05) is 0 Å². The van der Waals surface area contributed by atoms with E-state index in [0.717, 1.165) is 73.3 Å². The van der Waals surface area contributed by atoms with E-state index in [-0.39, 0.29) is 12.1 Å². The Balaban J connectivity index is 1.15. The van der Waals surface area contributed by atoms with E-state index in [4.69, 9.17) is 4.74 Å². The summed E-state index contributed by atoms with van der Waals surface area (Å²) in [5, 5.41) is 0. The van der Waals surface area contributed by atoms with Gasteiger partial charge in [0.2, 0.25) is 0 Å². The molecule has 0 radical (unpaired) electrons. The van der Waals surface area contributed by atoms with Crippen molar-refractivity contribution < 1.29 is 9.53 Å². The van der Waals surface area contributed by atoms with Crippen molar-refractivity contribution in [2.45, 2.75) is 137 Å². The fourth-order valence-electron chi connectivity index (χ4n) is 10.0. The Hall–Kier alpha value is -1.58. The number of carbonyl (C=O) groups excluding carboxylic acids is 1. The topological polar surface area (TPSA) is 55.0 Å². The largest absolute Gasteiger partial charge is 0.462 e. The van der Waals surface area contributed by atoms with Crippen molar-refractivity contribution in [3.05, 3.63) is 29.9 Å². The Labute approximate surface area is 238 Å². The predicted octanol–water partition coefficient (Wildman–Crippen LogP) is 9.08. The molecule has 39 heavy (non-hydrogen) atoms. The van der Waals surface area contributed by atoms with Gasteiger partial charge < -0.3 is 9.72 Å². The summed E-state index contributed by atoms with van der Waals surface area (Å²) in [7, 11) is 0. The molecular formula is C35H56N2O2. The first-order valence-electron chi connectivity index (χ1n) is 16.6. The van der Waals surface area contributed by atoms with Crippen molar-refractivity contribution in [3.63, 3.8) is 0 Å². The highest BCUT2D eigenvalue weighted by molar-refractivity contribution is 5.69. The van der Waals surface area contributed by atoms with Gasteiger partial charge in [-0.2, -0.15) is 0 Å². The molecule has 0 aromatic carbocycles. The summed E-state index contributed by atoms with van der Waals surface area (Å²) < 4.78 is 6.03. The molecule has 218 valence electrons. The maximum Gasteiger partial charge on any atom is 0.306 e. The van der Waals surface area contributed by atoms with E-state index >= 15 is 0 Å². The van der Waals surface area contributed by atoms with Crippen LogP contribution in [0.25, 0.3) is 0 Å². The number of allylic oxidation sites excluding steroid dienone is 1. The summed E-state index contributed by atoms with van der Waals surface area (Å²) in [5.41, 5.74) is 3.62. The first-order chi connectivity index (χ1) is 18.7. The molecule has 4 aliphatic carbocycles. The van der Waals surface area contributed by atoms with Crippen LogP contribution in [0.5, 0.6) is 0 Å². The highest BCUT2D eigenvalue weighted by Crippen LogP contribution is 2.67. The Morgan fingerprint density at radius 1 is 1.05 bits per heavy atom. The molecule has 4 heteroatoms. The van der Waals surface area contributed by atoms with Gasteiger partial charge in [-0.05, 0) is 111 Å². The van der Waals surface area contributed by atoms with Crippen LogP contribution >= 0.6 is 0 Å². The van der Waals surface area contributed by atoms with E-state index in [1.165, 1.54) is 57.8 Å². The highest BCUT2D eigenvalue weighted by atomic mass is 16.5. The van der Waals surface area contributed by atoms with E-state index in [1.807, 2.05) is 6.20 Å². The smallest absolute Gasteiger partial charge is 0.306 e. The Morgan fingerprint density at radius 2 is 1.90 bits per heavy atom. The number of fused-ring (bicyclic) bond motifs is 5. The number of esters is 1. The summed E-state index contributed by atoms with van der Waals surface area (Å²) in [6.07, 6.45) is 24.1. The third kappa shape index (κ3) is 6.05. The third-order valence-electron chi connectivity index (χ3n) is 12.2. The van der Waals surface area contributed by atoms with Crippen LogP contribution < -0.4 is 0 Å². The van der Waals surface area contributed by atoms with Gasteiger partial charge in [0.15, 0.2) is 0 Å². The number of rotatable bonds is 11. The molecule has 8 unspecified atom stereocenters. The minimum Gasteiger partial charge on any atom is -0.462 e. The molecule has 1 N–H and O–H groups in total. The minimum absolute atomic E-state index is 0.00422. The average Bonchev–Trinajstić information content (AvgIpc) is 3.54. The fourth-order valence-corrected chi connectivity index (χ4v) is 10.0. The van der Waals surface area contributed by atoms with Crippen LogP contribution in [-0.2, 0) is 16.0 Å². The van der Waals surface area contributed by atoms with Crippen LogP contribution in [0.15, 0.2) is 24.2 Å². The summed E-state index contributed by atoms with van der Waals surface area (Å²) >= 11 is 0. The number of aryl methyl sites for hydroxylation is 1. The molecule has 0 spiro atoms. The lowest BCUT2D eigenvalue weighted by Gasteiger charge is -2.58. The van der Waals surface area contributed by atoms with Crippen LogP contribution in [0.3, 0.4) is 0 Å². The number of hydrogen-bond donors (Lipinski definition) is 1. The lowest BCUT2D eigenvalue weighted by atomic mass is 9.47. The lowest BCUT2D eigenvalue weighted by molar-refractivity contribution is -0.151. The molecule has 5 rings (SSSR count). The molecule has 0 amide bonds. The van der Waals surface area contributed by atoms with E-state index in [2.05, 4.69) is 50.7 Å². The van der Waals surface area contributed by atoms with Crippen LogP contribution in [0, 0.1) is 46.3 Å². The van der Waals surface area contributed by atoms with Gasteiger partial charge in [-0.25, -0.2) is 4.98 Å². The molecule has 1 heterocycles. The second-order valence-electron chi connectivity index (χ2n) is 14.9. The number of hydrogen-bond acceptors (Lipinski definition) is 3. The number of carbonyl (C=O) groups is 1. The molecule has 0 saturated heterocycles. The van der Waals surface area contributed by atoms with Crippen molar-refractivity contribution in [1.82, 2.24) is 9.97 Å². The van der Waals surface area contributed by atoms with Crippen LogP contribution in [0.4, 0.5) is 0 Å². The zero-order chi connectivity index (χ0) is 27.6. The van der Waals surface area contributed by atoms with Crippen LogP contribution in [0.1, 0.15) is 130 Å². The van der Waals surface area contributed by atoms with Gasteiger partial charge in [-0.15, -0.1) is 0 Å². The van der Waals surface area contributed by atoms with Gasteiger partial charge in [0.05, 0.1) is 6.33 Å². The molecular weight excluding hydrogens is 480 g/mol. The summed E-state index contributed by atoms with van der Waals surface area (Å²) in [6, 6.07) is 0. The fraction of sp³-hybridized carbons (Fsp3) is 0.829. The van der Waals surface area contributed by atoms with Gasteiger partial charge >= 0.3 is 5.97 Å². The summed E-state index contributed by atoms with van der Waals surface area (Å²) in [6.45, 7) is 12.6. The van der Waals surface area contributed by atoms with E-state index in [0.29, 0.717) is 17.3 Å². The zero-order valence-corrected chi connectivity index (χ0v) is 25.6. The van der Waals surface area contributed by atoms with Gasteiger partial charge in [-0.1, -0.05) is 65.5 Å². The van der Waals surface area contributed by atoms with Gasteiger partial charge in [0, 0.05) is 24.7 Å². The molecule has 8 atom stereocenters. The number of aromatic nitrogens is 2. The first-order valence-corrected chi connectivity index (χ1v) is 16.6. The molecule has 1 aromatic heterocycles. The SMILES string of the molecule is CC(C)CCCC(C)C1CCC2C3CC=C4CC(OC(=O)CCCCc5cnc[nH]5)CCC4(C)C3CCC12C. The van der Waals surface area contributed by atoms with Gasteiger partial charge in [0.1, 0.15) is 6.10 Å². The van der Waals surface area contributed by atoms with Crippen LogP contribution in [-0.4, -0.2) is 22.0 Å². The molecule has 1 aromatic rings. The number of nitrogens with zero attached hydrogens (tertiary/aromatic N) is 1. The minimum atomic E-state index is -0.00422. The monoisotopic (exact) mass is 536 g/mol. The van der Waals surface area contributed by atoms with Gasteiger partial charge in [0.25, 0.3) is 0 Å². The molecule has 0 aliphatic heterocycles. The van der Waals surface area contributed by atoms with Crippen molar-refractivity contribution in [2.24, 2.45) is 46.3 Å². The maximum atomic E-state index is 12.6. The highest BCUT2D eigenvalue weighted by Gasteiger charge is 2.59. The quantitative estimate of drug-likeness (QED) is 0.174. The second-order valence-corrected chi connectivity index (χ2v) is 14.9. The standard InChI is InChI=1S/C35H56N2O2/c1-24(2)9-8-10-25(3)30-15-16-31-29-14-13-26-21-28(17-19-34(26,4)32(29)18-20-35(30,31)5)39-33(38)12-7-6-11-27-22-36-23-37-27/h13,22-25,28-32H,6-12,14-21H2,1-5H3,(H,36,37). The van der Waals surface area contributed by atoms with Crippen molar-refractivity contribution in [3.8, 4) is 0 Å². The van der Waals surface area contributed by atoms with Crippen LogP contribution in [0.2, 0.25) is 0 Å². The Bertz CT molecular complexity index is 983.